The van der Waals surface area contributed by atoms with E-state index in [1.54, 1.807) is 0 Å². The fourth-order valence-electron chi connectivity index (χ4n) is 1.88. The number of nitrogens with zero attached hydrogens (tertiary/aromatic N) is 1. The summed E-state index contributed by atoms with van der Waals surface area (Å²) < 4.78 is 0. The van der Waals surface area contributed by atoms with Crippen LogP contribution >= 0.6 is 0 Å². The second kappa shape index (κ2) is 4.05. The lowest BCUT2D eigenvalue weighted by Crippen LogP contribution is -1.98. The molecule has 0 saturated carbocycles. The number of carboxylic acid groups (broad SMARTS) is 1. The van der Waals surface area contributed by atoms with Crippen LogP contribution in [-0.2, 0) is 0 Å². The molecule has 17 heavy (non-hydrogen) atoms. The van der Waals surface area contributed by atoms with Gasteiger partial charge < -0.3 is 5.11 Å². The fraction of sp³-hybridized carbons (Fsp3) is 0.231. The molecule has 88 valence electrons. The van der Waals surface area contributed by atoms with Gasteiger partial charge in [-0.15, -0.1) is 0 Å². The maximum atomic E-state index is 11.1. The average molecular weight is 230 g/mol. The molecule has 0 aliphatic heterocycles. The molecule has 0 aliphatic rings. The number of aromatic carboxylic acids is 1. The Hall–Kier alpha value is -2.10. The topological polar surface area (TPSA) is 66.0 Å². The third kappa shape index (κ3) is 1.93. The van der Waals surface area contributed by atoms with E-state index >= 15 is 0 Å². The van der Waals surface area contributed by atoms with Gasteiger partial charge in [0.25, 0.3) is 0 Å². The Morgan fingerprint density at radius 1 is 1.18 bits per heavy atom. The Balaban J connectivity index is 2.64. The number of benzene rings is 1. The molecule has 2 rings (SSSR count). The van der Waals surface area contributed by atoms with Crippen molar-refractivity contribution in [2.75, 3.05) is 0 Å². The van der Waals surface area contributed by atoms with Crippen LogP contribution in [0.4, 0.5) is 0 Å². The summed E-state index contributed by atoms with van der Waals surface area (Å²) in [5.74, 6) is -0.966. The third-order valence-electron chi connectivity index (χ3n) is 2.98. The van der Waals surface area contributed by atoms with Crippen molar-refractivity contribution < 1.29 is 9.90 Å². The quantitative estimate of drug-likeness (QED) is 0.833. The minimum absolute atomic E-state index is 0.205. The molecular weight excluding hydrogens is 216 g/mol. The molecular formula is C13H14N2O2. The van der Waals surface area contributed by atoms with Gasteiger partial charge in [-0.2, -0.15) is 5.10 Å². The van der Waals surface area contributed by atoms with Gasteiger partial charge in [0.15, 0.2) is 0 Å². The Bertz CT molecular complexity index is 585. The molecule has 0 unspecified atom stereocenters. The zero-order valence-corrected chi connectivity index (χ0v) is 10.0. The van der Waals surface area contributed by atoms with Crippen LogP contribution in [0.2, 0.25) is 0 Å². The number of hydrogen-bond donors (Lipinski definition) is 2. The molecule has 1 aromatic carbocycles. The van der Waals surface area contributed by atoms with Crippen LogP contribution in [0.15, 0.2) is 18.3 Å². The first-order chi connectivity index (χ1) is 8.00. The maximum Gasteiger partial charge on any atom is 0.339 e. The van der Waals surface area contributed by atoms with Gasteiger partial charge in [0.1, 0.15) is 5.56 Å². The van der Waals surface area contributed by atoms with E-state index in [0.29, 0.717) is 5.69 Å². The summed E-state index contributed by atoms with van der Waals surface area (Å²) >= 11 is 0. The van der Waals surface area contributed by atoms with Crippen LogP contribution in [0, 0.1) is 20.8 Å². The summed E-state index contributed by atoms with van der Waals surface area (Å²) in [7, 11) is 0. The molecule has 0 atom stereocenters. The lowest BCUT2D eigenvalue weighted by atomic mass is 9.97. The van der Waals surface area contributed by atoms with Gasteiger partial charge in [-0.25, -0.2) is 4.79 Å². The molecule has 0 spiro atoms. The predicted molar refractivity (Wildman–Crippen MR) is 65.2 cm³/mol. The maximum absolute atomic E-state index is 11.1. The van der Waals surface area contributed by atoms with Gasteiger partial charge >= 0.3 is 5.97 Å². The van der Waals surface area contributed by atoms with E-state index in [0.717, 1.165) is 16.7 Å². The van der Waals surface area contributed by atoms with Crippen LogP contribution in [-0.4, -0.2) is 21.3 Å². The van der Waals surface area contributed by atoms with E-state index in [2.05, 4.69) is 16.3 Å². The SMILES string of the molecule is Cc1cc(C)c(-c2[nH]ncc2C(=O)O)cc1C. The van der Waals surface area contributed by atoms with E-state index < -0.39 is 5.97 Å². The number of rotatable bonds is 2. The number of carboxylic acids is 1. The highest BCUT2D eigenvalue weighted by molar-refractivity contribution is 5.95. The van der Waals surface area contributed by atoms with Crippen molar-refractivity contribution in [3.8, 4) is 11.3 Å². The number of H-pyrrole nitrogens is 1. The van der Waals surface area contributed by atoms with Gasteiger partial charge in [0, 0.05) is 5.56 Å². The van der Waals surface area contributed by atoms with Crippen molar-refractivity contribution in [2.24, 2.45) is 0 Å². The zero-order chi connectivity index (χ0) is 12.6. The molecule has 1 heterocycles. The van der Waals surface area contributed by atoms with E-state index in [4.69, 9.17) is 5.11 Å². The number of aromatic nitrogens is 2. The van der Waals surface area contributed by atoms with E-state index in [9.17, 15) is 4.79 Å². The lowest BCUT2D eigenvalue weighted by Gasteiger charge is -2.09. The van der Waals surface area contributed by atoms with E-state index in [1.165, 1.54) is 11.8 Å². The van der Waals surface area contributed by atoms with Crippen LogP contribution in [0.3, 0.4) is 0 Å². The highest BCUT2D eigenvalue weighted by atomic mass is 16.4. The summed E-state index contributed by atoms with van der Waals surface area (Å²) in [6.45, 7) is 6.01. The molecule has 4 nitrogen and oxygen atoms in total. The van der Waals surface area contributed by atoms with Crippen LogP contribution in [0.5, 0.6) is 0 Å². The Labute approximate surface area is 99.3 Å². The number of aryl methyl sites for hydroxylation is 3. The molecule has 0 radical (unpaired) electrons. The van der Waals surface area contributed by atoms with Crippen LogP contribution in [0.25, 0.3) is 11.3 Å². The molecule has 0 bridgehead atoms. The highest BCUT2D eigenvalue weighted by Crippen LogP contribution is 2.27. The predicted octanol–water partition coefficient (Wildman–Crippen LogP) is 2.70. The zero-order valence-electron chi connectivity index (χ0n) is 10.0. The molecule has 0 saturated heterocycles. The molecule has 0 amide bonds. The van der Waals surface area contributed by atoms with E-state index in [-0.39, 0.29) is 5.56 Å². The largest absolute Gasteiger partial charge is 0.478 e. The van der Waals surface area contributed by atoms with Gasteiger partial charge in [0.2, 0.25) is 0 Å². The summed E-state index contributed by atoms with van der Waals surface area (Å²) in [5, 5.41) is 15.6. The molecule has 1 aromatic heterocycles. The minimum atomic E-state index is -0.966. The van der Waals surface area contributed by atoms with Crippen molar-refractivity contribution in [1.82, 2.24) is 10.2 Å². The average Bonchev–Trinajstić information content (AvgIpc) is 2.72. The monoisotopic (exact) mass is 230 g/mol. The standard InChI is InChI=1S/C13H14N2O2/c1-7-4-9(3)10(5-8(7)2)12-11(13(16)17)6-14-15-12/h4-6H,1-3H3,(H,14,15)(H,16,17). The van der Waals surface area contributed by atoms with Gasteiger partial charge in [0.05, 0.1) is 11.9 Å². The normalized spacial score (nSPS) is 10.5. The van der Waals surface area contributed by atoms with Crippen molar-refractivity contribution in [1.29, 1.82) is 0 Å². The molecule has 2 aromatic rings. The first-order valence-corrected chi connectivity index (χ1v) is 5.35. The Morgan fingerprint density at radius 3 is 2.47 bits per heavy atom. The second-order valence-corrected chi connectivity index (χ2v) is 4.22. The lowest BCUT2D eigenvalue weighted by molar-refractivity contribution is 0.0698. The molecule has 2 N–H and O–H groups in total. The van der Waals surface area contributed by atoms with Gasteiger partial charge in [-0.1, -0.05) is 6.07 Å². The first-order valence-electron chi connectivity index (χ1n) is 5.35. The minimum Gasteiger partial charge on any atom is -0.478 e. The summed E-state index contributed by atoms with van der Waals surface area (Å²) in [4.78, 5) is 11.1. The van der Waals surface area contributed by atoms with Gasteiger partial charge in [-0.05, 0) is 43.5 Å². The van der Waals surface area contributed by atoms with Crippen molar-refractivity contribution in [2.45, 2.75) is 20.8 Å². The summed E-state index contributed by atoms with van der Waals surface area (Å²) in [6, 6.07) is 4.04. The number of nitrogens with one attached hydrogen (secondary N) is 1. The van der Waals surface area contributed by atoms with Crippen molar-refractivity contribution >= 4 is 5.97 Å². The Kier molecular flexibility index (Phi) is 2.71. The molecule has 0 fully saturated rings. The highest BCUT2D eigenvalue weighted by Gasteiger charge is 2.16. The molecule has 4 heteroatoms. The van der Waals surface area contributed by atoms with Crippen molar-refractivity contribution in [3.63, 3.8) is 0 Å². The van der Waals surface area contributed by atoms with Gasteiger partial charge in [-0.3, -0.25) is 5.10 Å². The Morgan fingerprint density at radius 2 is 1.82 bits per heavy atom. The number of carbonyl (C=O) groups is 1. The molecule has 0 aliphatic carbocycles. The van der Waals surface area contributed by atoms with E-state index in [1.807, 2.05) is 26.8 Å². The van der Waals surface area contributed by atoms with Crippen LogP contribution in [0.1, 0.15) is 27.0 Å². The smallest absolute Gasteiger partial charge is 0.339 e. The number of hydrogen-bond acceptors (Lipinski definition) is 2. The van der Waals surface area contributed by atoms with Crippen molar-refractivity contribution in [3.05, 3.63) is 40.6 Å². The number of aromatic amines is 1. The third-order valence-corrected chi connectivity index (χ3v) is 2.98. The second-order valence-electron chi connectivity index (χ2n) is 4.22. The fourth-order valence-corrected chi connectivity index (χ4v) is 1.88. The first kappa shape index (κ1) is 11.4. The van der Waals surface area contributed by atoms with Crippen LogP contribution < -0.4 is 0 Å². The summed E-state index contributed by atoms with van der Waals surface area (Å²) in [5.41, 5.74) is 5.04. The summed E-state index contributed by atoms with van der Waals surface area (Å²) in [6.07, 6.45) is 1.34.